The molecule has 2 aliphatic heterocycles. The first-order valence-corrected chi connectivity index (χ1v) is 7.60. The molecule has 0 aliphatic carbocycles. The third-order valence-corrected chi connectivity index (χ3v) is 3.90. The molecule has 0 bridgehead atoms. The molecular weight excluding hydrogens is 278 g/mol. The molecule has 1 saturated heterocycles. The first kappa shape index (κ1) is 14.0. The Bertz CT molecular complexity index is 461. The summed E-state index contributed by atoms with van der Waals surface area (Å²) in [6.07, 6.45) is 3.18. The number of benzene rings is 1. The minimum atomic E-state index is 0.429. The fourth-order valence-corrected chi connectivity index (χ4v) is 2.84. The molecule has 4 nitrogen and oxygen atoms in total. The van der Waals surface area contributed by atoms with E-state index < -0.39 is 0 Å². The quantitative estimate of drug-likeness (QED) is 0.931. The number of rotatable bonds is 3. The van der Waals surface area contributed by atoms with Crippen molar-refractivity contribution in [3.05, 3.63) is 22.7 Å². The van der Waals surface area contributed by atoms with Crippen LogP contribution in [-0.2, 0) is 11.3 Å². The van der Waals surface area contributed by atoms with Crippen LogP contribution in [0.2, 0.25) is 5.02 Å². The Balaban J connectivity index is 1.67. The predicted molar refractivity (Wildman–Crippen MR) is 77.7 cm³/mol. The molecule has 1 aromatic rings. The van der Waals surface area contributed by atoms with E-state index in [1.165, 1.54) is 0 Å². The third-order valence-electron chi connectivity index (χ3n) is 3.62. The molecule has 2 heterocycles. The van der Waals surface area contributed by atoms with E-state index in [0.29, 0.717) is 30.0 Å². The van der Waals surface area contributed by atoms with Gasteiger partial charge in [0, 0.05) is 25.6 Å². The highest BCUT2D eigenvalue weighted by Gasteiger charge is 2.17. The number of ether oxygens (including phenoxy) is 3. The minimum absolute atomic E-state index is 0.429. The summed E-state index contributed by atoms with van der Waals surface area (Å²) in [5.41, 5.74) is 1.12. The van der Waals surface area contributed by atoms with E-state index in [-0.39, 0.29) is 0 Å². The van der Waals surface area contributed by atoms with Crippen LogP contribution in [0.3, 0.4) is 0 Å². The number of hydrogen-bond acceptors (Lipinski definition) is 4. The lowest BCUT2D eigenvalue weighted by Gasteiger charge is -2.23. The second-order valence-corrected chi connectivity index (χ2v) is 5.66. The fourth-order valence-electron chi connectivity index (χ4n) is 2.55. The van der Waals surface area contributed by atoms with E-state index in [9.17, 15) is 0 Å². The van der Waals surface area contributed by atoms with Gasteiger partial charge in [0.25, 0.3) is 0 Å². The van der Waals surface area contributed by atoms with Crippen LogP contribution in [-0.4, -0.2) is 32.5 Å². The molecule has 1 fully saturated rings. The molecule has 110 valence electrons. The third kappa shape index (κ3) is 3.37. The van der Waals surface area contributed by atoms with Crippen molar-refractivity contribution in [2.24, 2.45) is 0 Å². The second-order valence-electron chi connectivity index (χ2n) is 5.25. The molecule has 0 aromatic heterocycles. The Hall–Kier alpha value is -0.970. The number of hydrogen-bond donors (Lipinski definition) is 1. The van der Waals surface area contributed by atoms with Crippen molar-refractivity contribution in [1.29, 1.82) is 0 Å². The molecule has 1 atom stereocenters. The maximum absolute atomic E-state index is 6.28. The van der Waals surface area contributed by atoms with Crippen molar-refractivity contribution in [2.75, 3.05) is 26.4 Å². The fraction of sp³-hybridized carbons (Fsp3) is 0.600. The SMILES string of the molecule is Clc1cc(CNC2CCCOC2)cc2c1OCCCO2. The summed E-state index contributed by atoms with van der Waals surface area (Å²) < 4.78 is 16.8. The van der Waals surface area contributed by atoms with Gasteiger partial charge in [0.2, 0.25) is 0 Å². The Kier molecular flexibility index (Phi) is 4.65. The maximum atomic E-state index is 6.28. The molecule has 1 aromatic carbocycles. The Morgan fingerprint density at radius 2 is 2.05 bits per heavy atom. The Labute approximate surface area is 124 Å². The van der Waals surface area contributed by atoms with Crippen molar-refractivity contribution in [1.82, 2.24) is 5.32 Å². The van der Waals surface area contributed by atoms with E-state index in [1.54, 1.807) is 0 Å². The molecule has 3 rings (SSSR count). The Morgan fingerprint density at radius 1 is 1.15 bits per heavy atom. The topological polar surface area (TPSA) is 39.7 Å². The number of nitrogens with one attached hydrogen (secondary N) is 1. The van der Waals surface area contributed by atoms with Crippen molar-refractivity contribution in [3.8, 4) is 11.5 Å². The summed E-state index contributed by atoms with van der Waals surface area (Å²) in [5.74, 6) is 1.43. The first-order valence-electron chi connectivity index (χ1n) is 7.22. The molecule has 2 aliphatic rings. The van der Waals surface area contributed by atoms with Crippen LogP contribution in [0, 0.1) is 0 Å². The molecule has 1 unspecified atom stereocenters. The zero-order valence-electron chi connectivity index (χ0n) is 11.5. The summed E-state index contributed by atoms with van der Waals surface area (Å²) >= 11 is 6.28. The monoisotopic (exact) mass is 297 g/mol. The second kappa shape index (κ2) is 6.66. The maximum Gasteiger partial charge on any atom is 0.179 e. The molecule has 0 amide bonds. The van der Waals surface area contributed by atoms with Gasteiger partial charge in [0.05, 0.1) is 24.8 Å². The smallest absolute Gasteiger partial charge is 0.179 e. The van der Waals surface area contributed by atoms with E-state index in [4.69, 9.17) is 25.8 Å². The zero-order valence-corrected chi connectivity index (χ0v) is 12.2. The normalized spacial score (nSPS) is 22.4. The van der Waals surface area contributed by atoms with Crippen LogP contribution in [0.15, 0.2) is 12.1 Å². The van der Waals surface area contributed by atoms with E-state index in [0.717, 1.165) is 50.3 Å². The van der Waals surface area contributed by atoms with Crippen LogP contribution < -0.4 is 14.8 Å². The van der Waals surface area contributed by atoms with E-state index in [1.807, 2.05) is 12.1 Å². The lowest BCUT2D eigenvalue weighted by Crippen LogP contribution is -2.36. The predicted octanol–water partition coefficient (Wildman–Crippen LogP) is 2.77. The van der Waals surface area contributed by atoms with Crippen LogP contribution in [0.1, 0.15) is 24.8 Å². The lowest BCUT2D eigenvalue weighted by molar-refractivity contribution is 0.0699. The minimum Gasteiger partial charge on any atom is -0.489 e. The molecule has 0 radical (unpaired) electrons. The summed E-state index contributed by atoms with van der Waals surface area (Å²) in [6, 6.07) is 4.40. The van der Waals surface area contributed by atoms with Crippen molar-refractivity contribution in [3.63, 3.8) is 0 Å². The average molecular weight is 298 g/mol. The summed E-state index contributed by atoms with van der Waals surface area (Å²) in [4.78, 5) is 0. The van der Waals surface area contributed by atoms with Gasteiger partial charge < -0.3 is 19.5 Å². The highest BCUT2D eigenvalue weighted by molar-refractivity contribution is 6.32. The van der Waals surface area contributed by atoms with Crippen molar-refractivity contribution >= 4 is 11.6 Å². The zero-order chi connectivity index (χ0) is 13.8. The van der Waals surface area contributed by atoms with Gasteiger partial charge >= 0.3 is 0 Å². The molecule has 1 N–H and O–H groups in total. The largest absolute Gasteiger partial charge is 0.489 e. The van der Waals surface area contributed by atoms with Crippen LogP contribution in [0.25, 0.3) is 0 Å². The van der Waals surface area contributed by atoms with Crippen LogP contribution in [0.4, 0.5) is 0 Å². The van der Waals surface area contributed by atoms with Gasteiger partial charge in [-0.3, -0.25) is 0 Å². The van der Waals surface area contributed by atoms with Gasteiger partial charge in [-0.1, -0.05) is 11.6 Å². The summed E-state index contributed by atoms with van der Waals surface area (Å²) in [5, 5.41) is 4.13. The van der Waals surface area contributed by atoms with Gasteiger partial charge in [-0.05, 0) is 30.5 Å². The average Bonchev–Trinajstić information content (AvgIpc) is 2.72. The molecule has 0 spiro atoms. The van der Waals surface area contributed by atoms with Gasteiger partial charge in [-0.25, -0.2) is 0 Å². The highest BCUT2D eigenvalue weighted by Crippen LogP contribution is 2.37. The van der Waals surface area contributed by atoms with Gasteiger partial charge in [0.1, 0.15) is 0 Å². The van der Waals surface area contributed by atoms with Crippen LogP contribution in [0.5, 0.6) is 11.5 Å². The summed E-state index contributed by atoms with van der Waals surface area (Å²) in [6.45, 7) is 3.77. The first-order chi connectivity index (χ1) is 9.83. The van der Waals surface area contributed by atoms with Crippen LogP contribution >= 0.6 is 11.6 Å². The highest BCUT2D eigenvalue weighted by atomic mass is 35.5. The molecule has 5 heteroatoms. The summed E-state index contributed by atoms with van der Waals surface area (Å²) in [7, 11) is 0. The van der Waals surface area contributed by atoms with E-state index >= 15 is 0 Å². The van der Waals surface area contributed by atoms with Gasteiger partial charge in [-0.15, -0.1) is 0 Å². The van der Waals surface area contributed by atoms with E-state index in [2.05, 4.69) is 5.32 Å². The number of fused-ring (bicyclic) bond motifs is 1. The molecular formula is C15H20ClNO3. The standard InChI is InChI=1S/C15H20ClNO3/c16-13-7-11(9-17-12-3-1-4-18-10-12)8-14-15(13)20-6-2-5-19-14/h7-8,12,17H,1-6,9-10H2. The lowest BCUT2D eigenvalue weighted by atomic mass is 10.1. The van der Waals surface area contributed by atoms with Crippen molar-refractivity contribution in [2.45, 2.75) is 31.8 Å². The molecule has 0 saturated carbocycles. The Morgan fingerprint density at radius 3 is 2.90 bits per heavy atom. The number of halogens is 1. The molecule has 20 heavy (non-hydrogen) atoms. The van der Waals surface area contributed by atoms with Gasteiger partial charge in [0.15, 0.2) is 11.5 Å². The van der Waals surface area contributed by atoms with Gasteiger partial charge in [-0.2, -0.15) is 0 Å². The van der Waals surface area contributed by atoms with Crippen molar-refractivity contribution < 1.29 is 14.2 Å².